The number of hydrogen-bond donors (Lipinski definition) is 1. The SMILES string of the molecule is O=C1N=c2ccc(Br)cc2=C1c1sc(=Nc2cccnc2Cl)n(C2CCCCC2)c1O. The third-order valence-corrected chi connectivity index (χ3v) is 7.46. The molecule has 1 saturated carbocycles. The number of aromatic nitrogens is 2. The number of aromatic hydroxyl groups is 1. The lowest BCUT2D eigenvalue weighted by molar-refractivity contribution is -0.112. The smallest absolute Gasteiger partial charge is 0.279 e. The van der Waals surface area contributed by atoms with Crippen LogP contribution in [0.4, 0.5) is 5.69 Å². The van der Waals surface area contributed by atoms with Gasteiger partial charge in [0.1, 0.15) is 10.6 Å². The second-order valence-electron chi connectivity index (χ2n) is 7.58. The van der Waals surface area contributed by atoms with Crippen molar-refractivity contribution in [2.75, 3.05) is 0 Å². The molecular formula is C22H18BrClN4O2S. The average molecular weight is 518 g/mol. The van der Waals surface area contributed by atoms with Crippen LogP contribution >= 0.6 is 38.9 Å². The average Bonchev–Trinajstić information content (AvgIpc) is 3.25. The van der Waals surface area contributed by atoms with E-state index in [1.807, 2.05) is 16.7 Å². The maximum atomic E-state index is 12.8. The van der Waals surface area contributed by atoms with E-state index in [0.29, 0.717) is 36.7 Å². The fourth-order valence-corrected chi connectivity index (χ4v) is 5.84. The maximum Gasteiger partial charge on any atom is 0.279 e. The molecule has 31 heavy (non-hydrogen) atoms. The number of nitrogens with zero attached hydrogens (tertiary/aromatic N) is 4. The van der Waals surface area contributed by atoms with Gasteiger partial charge in [-0.25, -0.2) is 15.0 Å². The highest BCUT2D eigenvalue weighted by Crippen LogP contribution is 2.36. The molecule has 9 heteroatoms. The highest BCUT2D eigenvalue weighted by atomic mass is 79.9. The summed E-state index contributed by atoms with van der Waals surface area (Å²) in [6.07, 6.45) is 6.88. The van der Waals surface area contributed by atoms with Crippen LogP contribution in [0.25, 0.3) is 5.57 Å². The molecule has 0 atom stereocenters. The van der Waals surface area contributed by atoms with Crippen LogP contribution in [-0.2, 0) is 4.79 Å². The topological polar surface area (TPSA) is 79.8 Å². The summed E-state index contributed by atoms with van der Waals surface area (Å²) in [7, 11) is 0. The molecule has 2 aliphatic rings. The van der Waals surface area contributed by atoms with E-state index in [2.05, 4.69) is 25.9 Å². The van der Waals surface area contributed by atoms with Crippen LogP contribution in [0.2, 0.25) is 5.15 Å². The third kappa shape index (κ3) is 3.77. The van der Waals surface area contributed by atoms with Gasteiger partial charge in [-0.2, -0.15) is 0 Å². The zero-order chi connectivity index (χ0) is 21.5. The molecule has 6 nitrogen and oxygen atoms in total. The maximum absolute atomic E-state index is 12.8. The van der Waals surface area contributed by atoms with E-state index in [4.69, 9.17) is 16.6 Å². The molecule has 1 aliphatic heterocycles. The highest BCUT2D eigenvalue weighted by Gasteiger charge is 2.29. The van der Waals surface area contributed by atoms with E-state index in [0.717, 1.165) is 30.2 Å². The van der Waals surface area contributed by atoms with Crippen molar-refractivity contribution < 1.29 is 9.90 Å². The fraction of sp³-hybridized carbons (Fsp3) is 0.273. The minimum Gasteiger partial charge on any atom is -0.493 e. The van der Waals surface area contributed by atoms with Crippen LogP contribution in [-0.4, -0.2) is 20.6 Å². The van der Waals surface area contributed by atoms with Gasteiger partial charge in [-0.3, -0.25) is 9.36 Å². The minimum atomic E-state index is -0.355. The number of carbonyl (C=O) groups excluding carboxylic acids is 1. The van der Waals surface area contributed by atoms with Crippen molar-refractivity contribution in [2.24, 2.45) is 9.98 Å². The second-order valence-corrected chi connectivity index (χ2v) is 9.83. The van der Waals surface area contributed by atoms with Crippen LogP contribution in [0.15, 0.2) is 51.0 Å². The molecule has 1 N–H and O–H groups in total. The summed E-state index contributed by atoms with van der Waals surface area (Å²) in [5.41, 5.74) is 0.930. The van der Waals surface area contributed by atoms with Crippen molar-refractivity contribution in [1.29, 1.82) is 0 Å². The van der Waals surface area contributed by atoms with Gasteiger partial charge < -0.3 is 5.11 Å². The molecule has 3 heterocycles. The van der Waals surface area contributed by atoms with Crippen molar-refractivity contribution in [2.45, 2.75) is 38.1 Å². The summed E-state index contributed by atoms with van der Waals surface area (Å²) >= 11 is 11.0. The number of pyridine rings is 1. The first-order valence-electron chi connectivity index (χ1n) is 10.1. The number of halogens is 2. The molecule has 0 bridgehead atoms. The molecule has 3 aromatic rings. The van der Waals surface area contributed by atoms with Gasteiger partial charge in [0.2, 0.25) is 5.88 Å². The third-order valence-electron chi connectivity index (χ3n) is 5.62. The van der Waals surface area contributed by atoms with Gasteiger partial charge in [-0.1, -0.05) is 58.1 Å². The lowest BCUT2D eigenvalue weighted by Gasteiger charge is -2.23. The Morgan fingerprint density at radius 1 is 1.23 bits per heavy atom. The zero-order valence-corrected chi connectivity index (χ0v) is 19.5. The molecule has 1 aromatic carbocycles. The summed E-state index contributed by atoms with van der Waals surface area (Å²) < 4.78 is 2.70. The lowest BCUT2D eigenvalue weighted by Crippen LogP contribution is -2.23. The number of fused-ring (bicyclic) bond motifs is 1. The van der Waals surface area contributed by atoms with Crippen molar-refractivity contribution in [1.82, 2.24) is 9.55 Å². The van der Waals surface area contributed by atoms with Crippen LogP contribution in [0, 0.1) is 0 Å². The number of amides is 1. The Morgan fingerprint density at radius 2 is 2.03 bits per heavy atom. The van der Waals surface area contributed by atoms with Gasteiger partial charge in [-0.05, 0) is 43.2 Å². The number of thiazole rings is 1. The second kappa shape index (κ2) is 8.33. The molecular weight excluding hydrogens is 500 g/mol. The molecule has 0 saturated heterocycles. The van der Waals surface area contributed by atoms with Crippen LogP contribution in [0.3, 0.4) is 0 Å². The van der Waals surface area contributed by atoms with Crippen molar-refractivity contribution >= 4 is 56.0 Å². The van der Waals surface area contributed by atoms with Crippen LogP contribution in [0.5, 0.6) is 5.88 Å². The van der Waals surface area contributed by atoms with Gasteiger partial charge >= 0.3 is 0 Å². The summed E-state index contributed by atoms with van der Waals surface area (Å²) in [6.45, 7) is 0. The first kappa shape index (κ1) is 20.6. The molecule has 0 spiro atoms. The molecule has 1 amide bonds. The molecule has 2 aromatic heterocycles. The molecule has 158 valence electrons. The van der Waals surface area contributed by atoms with E-state index in [1.165, 1.54) is 17.8 Å². The van der Waals surface area contributed by atoms with Gasteiger partial charge in [0.15, 0.2) is 9.95 Å². The normalized spacial score (nSPS) is 17.2. The van der Waals surface area contributed by atoms with Gasteiger partial charge in [0.05, 0.1) is 10.9 Å². The largest absolute Gasteiger partial charge is 0.493 e. The van der Waals surface area contributed by atoms with Gasteiger partial charge in [-0.15, -0.1) is 0 Å². The molecule has 5 rings (SSSR count). The zero-order valence-electron chi connectivity index (χ0n) is 16.4. The number of carbonyl (C=O) groups is 1. The van der Waals surface area contributed by atoms with E-state index in [1.54, 1.807) is 24.4 Å². The lowest BCUT2D eigenvalue weighted by atomic mass is 9.95. The first-order chi connectivity index (χ1) is 15.0. The van der Waals surface area contributed by atoms with Crippen LogP contribution in [0.1, 0.15) is 43.0 Å². The van der Waals surface area contributed by atoms with Crippen LogP contribution < -0.4 is 15.4 Å². The highest BCUT2D eigenvalue weighted by molar-refractivity contribution is 9.10. The van der Waals surface area contributed by atoms with Crippen molar-refractivity contribution in [3.05, 3.63) is 66.4 Å². The fourth-order valence-electron chi connectivity index (χ4n) is 4.16. The number of benzene rings is 1. The molecule has 0 unspecified atom stereocenters. The minimum absolute atomic E-state index is 0.0574. The summed E-state index contributed by atoms with van der Waals surface area (Å²) in [5.74, 6) is -0.298. The Kier molecular flexibility index (Phi) is 5.54. The standard InChI is InChI=1S/C22H18BrClN4O2S/c23-12-8-9-15-14(11-12)17(20(29)26-15)18-21(30)28(13-5-2-1-3-6-13)22(31-18)27-16-7-4-10-25-19(16)24/h4,7-11,13,30H,1-3,5-6H2. The van der Waals surface area contributed by atoms with E-state index >= 15 is 0 Å². The number of rotatable bonds is 3. The Morgan fingerprint density at radius 3 is 2.81 bits per heavy atom. The number of hydrogen-bond acceptors (Lipinski definition) is 5. The molecule has 1 aliphatic carbocycles. The summed E-state index contributed by atoms with van der Waals surface area (Å²) in [6, 6.07) is 9.17. The van der Waals surface area contributed by atoms with Crippen molar-refractivity contribution in [3.63, 3.8) is 0 Å². The summed E-state index contributed by atoms with van der Waals surface area (Å²) in [4.78, 5) is 26.9. The molecule has 1 fully saturated rings. The Labute approximate surface area is 195 Å². The van der Waals surface area contributed by atoms with E-state index in [9.17, 15) is 9.90 Å². The Bertz CT molecular complexity index is 1390. The van der Waals surface area contributed by atoms with E-state index < -0.39 is 0 Å². The van der Waals surface area contributed by atoms with Crippen molar-refractivity contribution in [3.8, 4) is 5.88 Å². The summed E-state index contributed by atoms with van der Waals surface area (Å²) in [5, 5.41) is 12.9. The van der Waals surface area contributed by atoms with Gasteiger partial charge in [0.25, 0.3) is 5.91 Å². The molecule has 0 radical (unpaired) electrons. The Hall–Kier alpha value is -2.29. The Balaban J connectivity index is 1.78. The quantitative estimate of drug-likeness (QED) is 0.530. The van der Waals surface area contributed by atoms with E-state index in [-0.39, 0.29) is 17.8 Å². The van der Waals surface area contributed by atoms with Gasteiger partial charge in [0, 0.05) is 21.9 Å². The monoisotopic (exact) mass is 516 g/mol. The predicted molar refractivity (Wildman–Crippen MR) is 123 cm³/mol. The predicted octanol–water partition coefficient (Wildman–Crippen LogP) is 4.16. The first-order valence-corrected chi connectivity index (χ1v) is 12.0.